The van der Waals surface area contributed by atoms with Crippen LogP contribution < -0.4 is 0 Å². The molecule has 0 spiro atoms. The molecule has 0 N–H and O–H groups in total. The lowest BCUT2D eigenvalue weighted by molar-refractivity contribution is 1.16. The molecule has 230 valence electrons. The molecule has 9 aromatic rings. The van der Waals surface area contributed by atoms with Crippen LogP contribution >= 0.6 is 0 Å². The zero-order chi connectivity index (χ0) is 33.8. The van der Waals surface area contributed by atoms with Crippen LogP contribution in [0.4, 0.5) is 0 Å². The lowest BCUT2D eigenvalue weighted by atomic mass is 9.89. The van der Waals surface area contributed by atoms with E-state index in [1.807, 2.05) is 71.3 Å². The molecule has 0 bridgehead atoms. The highest BCUT2D eigenvalue weighted by Crippen LogP contribution is 2.42. The highest BCUT2D eigenvalue weighted by atomic mass is 15.0. The van der Waals surface area contributed by atoms with E-state index in [0.717, 1.165) is 55.2 Å². The van der Waals surface area contributed by atoms with Crippen molar-refractivity contribution in [3.05, 3.63) is 168 Å². The van der Waals surface area contributed by atoms with E-state index in [1.54, 1.807) is 12.1 Å². The SMILES string of the molecule is N#Cc1cc(-c2ccccc2-c2ccccc2-n2c3ccccc3c3ccccc32)c(C#N)c(-n2c3ccccc3c3cc(C#N)ccc32)c1. The highest BCUT2D eigenvalue weighted by Gasteiger charge is 2.22. The van der Waals surface area contributed by atoms with Gasteiger partial charge in [0.05, 0.1) is 62.3 Å². The molecule has 7 aromatic carbocycles. The first-order valence-electron chi connectivity index (χ1n) is 16.3. The summed E-state index contributed by atoms with van der Waals surface area (Å²) in [6, 6.07) is 57.7. The van der Waals surface area contributed by atoms with Crippen LogP contribution in [0.3, 0.4) is 0 Å². The molecule has 0 amide bonds. The van der Waals surface area contributed by atoms with Crippen molar-refractivity contribution in [3.63, 3.8) is 0 Å². The molecule has 0 aliphatic carbocycles. The summed E-state index contributed by atoms with van der Waals surface area (Å²) in [6.45, 7) is 0. The van der Waals surface area contributed by atoms with Gasteiger partial charge >= 0.3 is 0 Å². The summed E-state index contributed by atoms with van der Waals surface area (Å²) >= 11 is 0. The Hall–Kier alpha value is -7.39. The summed E-state index contributed by atoms with van der Waals surface area (Å²) in [6.07, 6.45) is 0. The molecule has 9 rings (SSSR count). The first-order valence-corrected chi connectivity index (χ1v) is 16.3. The second-order valence-electron chi connectivity index (χ2n) is 12.3. The van der Waals surface area contributed by atoms with Crippen LogP contribution in [-0.4, -0.2) is 9.13 Å². The van der Waals surface area contributed by atoms with Crippen molar-refractivity contribution in [2.24, 2.45) is 0 Å². The van der Waals surface area contributed by atoms with E-state index in [4.69, 9.17) is 0 Å². The van der Waals surface area contributed by atoms with Gasteiger partial charge in [-0.1, -0.05) is 97.1 Å². The van der Waals surface area contributed by atoms with Crippen molar-refractivity contribution in [1.82, 2.24) is 9.13 Å². The first-order chi connectivity index (χ1) is 24.7. The maximum absolute atomic E-state index is 11.0. The zero-order valence-electron chi connectivity index (χ0n) is 26.7. The molecule has 0 aliphatic rings. The van der Waals surface area contributed by atoms with Crippen molar-refractivity contribution in [2.45, 2.75) is 0 Å². The molecule has 0 saturated heterocycles. The Balaban J connectivity index is 1.34. The fourth-order valence-electron chi connectivity index (χ4n) is 7.53. The Kier molecular flexibility index (Phi) is 6.56. The number of fused-ring (bicyclic) bond motifs is 6. The normalized spacial score (nSPS) is 11.1. The predicted molar refractivity (Wildman–Crippen MR) is 200 cm³/mol. The van der Waals surface area contributed by atoms with Crippen LogP contribution in [0.15, 0.2) is 152 Å². The van der Waals surface area contributed by atoms with E-state index >= 15 is 0 Å². The topological polar surface area (TPSA) is 81.2 Å². The Morgan fingerprint density at radius 2 is 0.820 bits per heavy atom. The predicted octanol–water partition coefficient (Wildman–Crippen LogP) is 10.8. The average molecular weight is 636 g/mol. The number of rotatable bonds is 4. The second kappa shape index (κ2) is 11.4. The number of nitrogens with zero attached hydrogens (tertiary/aromatic N) is 5. The summed E-state index contributed by atoms with van der Waals surface area (Å²) in [4.78, 5) is 0. The molecule has 0 saturated carbocycles. The number of para-hydroxylation sites is 4. The molecule has 0 atom stereocenters. The number of benzene rings is 7. The summed E-state index contributed by atoms with van der Waals surface area (Å²) in [5.74, 6) is 0. The molecule has 0 fully saturated rings. The maximum atomic E-state index is 11.0. The maximum Gasteiger partial charge on any atom is 0.102 e. The van der Waals surface area contributed by atoms with Crippen LogP contribution in [0.25, 0.3) is 77.2 Å². The van der Waals surface area contributed by atoms with Gasteiger partial charge in [0.1, 0.15) is 6.07 Å². The van der Waals surface area contributed by atoms with Crippen LogP contribution in [0.5, 0.6) is 0 Å². The van der Waals surface area contributed by atoms with Crippen LogP contribution in [0.1, 0.15) is 16.7 Å². The van der Waals surface area contributed by atoms with Crippen molar-refractivity contribution >= 4 is 43.6 Å². The molecule has 2 heterocycles. The van der Waals surface area contributed by atoms with Gasteiger partial charge in [0.15, 0.2) is 0 Å². The molecule has 5 nitrogen and oxygen atoms in total. The molecule has 0 unspecified atom stereocenters. The van der Waals surface area contributed by atoms with Crippen molar-refractivity contribution in [3.8, 4) is 51.8 Å². The van der Waals surface area contributed by atoms with Crippen molar-refractivity contribution in [1.29, 1.82) is 15.8 Å². The van der Waals surface area contributed by atoms with E-state index in [-0.39, 0.29) is 0 Å². The van der Waals surface area contributed by atoms with Gasteiger partial charge in [-0.3, -0.25) is 0 Å². The van der Waals surface area contributed by atoms with Gasteiger partial charge in [0, 0.05) is 32.7 Å². The summed E-state index contributed by atoms with van der Waals surface area (Å²) in [5.41, 5.74) is 10.5. The molecule has 0 radical (unpaired) electrons. The number of hydrogen-bond donors (Lipinski definition) is 0. The van der Waals surface area contributed by atoms with Gasteiger partial charge in [-0.15, -0.1) is 0 Å². The lowest BCUT2D eigenvalue weighted by Crippen LogP contribution is -2.02. The molecular formula is C45H25N5. The van der Waals surface area contributed by atoms with Crippen LogP contribution in [0, 0.1) is 34.0 Å². The highest BCUT2D eigenvalue weighted by molar-refractivity contribution is 6.11. The van der Waals surface area contributed by atoms with E-state index in [9.17, 15) is 15.8 Å². The number of hydrogen-bond acceptors (Lipinski definition) is 3. The third-order valence-corrected chi connectivity index (χ3v) is 9.63. The quantitative estimate of drug-likeness (QED) is 0.193. The fourth-order valence-corrected chi connectivity index (χ4v) is 7.53. The van der Waals surface area contributed by atoms with Crippen LogP contribution in [0.2, 0.25) is 0 Å². The van der Waals surface area contributed by atoms with E-state index < -0.39 is 0 Å². The monoisotopic (exact) mass is 635 g/mol. The first kappa shape index (κ1) is 28.8. The number of aromatic nitrogens is 2. The lowest BCUT2D eigenvalue weighted by Gasteiger charge is -2.19. The summed E-state index contributed by atoms with van der Waals surface area (Å²) in [7, 11) is 0. The van der Waals surface area contributed by atoms with Gasteiger partial charge < -0.3 is 9.13 Å². The third-order valence-electron chi connectivity index (χ3n) is 9.63. The molecular weight excluding hydrogens is 611 g/mol. The Morgan fingerprint density at radius 1 is 0.340 bits per heavy atom. The minimum atomic E-state index is 0.444. The third kappa shape index (κ3) is 4.24. The summed E-state index contributed by atoms with van der Waals surface area (Å²) in [5, 5.41) is 35.2. The fraction of sp³-hybridized carbons (Fsp3) is 0. The molecule has 5 heteroatoms. The minimum Gasteiger partial charge on any atom is -0.309 e. The average Bonchev–Trinajstić information content (AvgIpc) is 3.70. The van der Waals surface area contributed by atoms with E-state index in [0.29, 0.717) is 27.9 Å². The smallest absolute Gasteiger partial charge is 0.102 e. The summed E-state index contributed by atoms with van der Waals surface area (Å²) < 4.78 is 4.36. The van der Waals surface area contributed by atoms with Gasteiger partial charge in [0.25, 0.3) is 0 Å². The van der Waals surface area contributed by atoms with Gasteiger partial charge in [-0.25, -0.2) is 0 Å². The Morgan fingerprint density at radius 3 is 1.42 bits per heavy atom. The van der Waals surface area contributed by atoms with E-state index in [2.05, 4.69) is 95.6 Å². The minimum absolute atomic E-state index is 0.444. The standard InChI is InChI=1S/C45H25N5/c46-26-29-21-22-44-38(23-29)36-16-6-10-20-43(36)50(44)45-25-30(27-47)24-37(39(45)28-48)32-12-2-1-11-31(32)33-13-3-7-17-40(33)49-41-18-8-4-14-34(41)35-15-5-9-19-42(35)49/h1-25H. The van der Waals surface area contributed by atoms with Gasteiger partial charge in [-0.05, 0) is 65.7 Å². The zero-order valence-corrected chi connectivity index (χ0v) is 26.7. The Labute approximate surface area is 287 Å². The number of nitriles is 3. The van der Waals surface area contributed by atoms with Crippen LogP contribution in [-0.2, 0) is 0 Å². The molecule has 2 aromatic heterocycles. The van der Waals surface area contributed by atoms with Crippen molar-refractivity contribution < 1.29 is 0 Å². The molecule has 0 aliphatic heterocycles. The second-order valence-corrected chi connectivity index (χ2v) is 12.3. The van der Waals surface area contributed by atoms with E-state index in [1.165, 1.54) is 10.8 Å². The van der Waals surface area contributed by atoms with Gasteiger partial charge in [0.2, 0.25) is 0 Å². The largest absolute Gasteiger partial charge is 0.309 e. The van der Waals surface area contributed by atoms with Gasteiger partial charge in [-0.2, -0.15) is 15.8 Å². The van der Waals surface area contributed by atoms with Crippen molar-refractivity contribution in [2.75, 3.05) is 0 Å². The molecule has 50 heavy (non-hydrogen) atoms. The Bertz CT molecular complexity index is 2920.